The maximum Gasteiger partial charge on any atom is 0.356 e. The monoisotopic (exact) mass is 623 g/mol. The molecule has 0 spiro atoms. The largest absolute Gasteiger partial charge is 0.755 e. The Balaban J connectivity index is 1.42. The van der Waals surface area contributed by atoms with Gasteiger partial charge in [0.25, 0.3) is 5.91 Å². The number of rotatable bonds is 8. The highest BCUT2D eigenvalue weighted by molar-refractivity contribution is 7.82. The predicted octanol–water partition coefficient (Wildman–Crippen LogP) is 6.46. The number of amides is 1. The third kappa shape index (κ3) is 5.30. The Morgan fingerprint density at radius 2 is 1.70 bits per heavy atom. The van der Waals surface area contributed by atoms with E-state index in [-0.39, 0.29) is 11.3 Å². The summed E-state index contributed by atoms with van der Waals surface area (Å²) in [6.07, 6.45) is 0.670. The minimum atomic E-state index is -2.85. The van der Waals surface area contributed by atoms with Gasteiger partial charge in [0.1, 0.15) is 16.3 Å². The number of esters is 1. The third-order valence-corrected chi connectivity index (χ3v) is 9.30. The van der Waals surface area contributed by atoms with E-state index in [1.807, 2.05) is 66.9 Å². The lowest BCUT2D eigenvalue weighted by molar-refractivity contribution is 0.0594. The van der Waals surface area contributed by atoms with Crippen molar-refractivity contribution in [3.05, 3.63) is 113 Å². The molecule has 0 N–H and O–H groups in total. The number of imidazole rings is 1. The summed E-state index contributed by atoms with van der Waals surface area (Å²) in [6, 6.07) is 25.4. The standard InChI is InChI=1S/C33H28N4O5S2/c1-4-27-35-29-20(2)18-25(33(39)42-3)34-30(29)36(27)19-21-14-16-22(17-15-21)28-24-12-8-9-13-26(24)43-32(28)37(44(40)41)31(38)23-10-6-5-7-11-23/h5-18H,4,19H2,1-3H3,(H,40,41)/p-1. The van der Waals surface area contributed by atoms with Crippen molar-refractivity contribution in [2.75, 3.05) is 11.4 Å². The Kier molecular flexibility index (Phi) is 8.09. The van der Waals surface area contributed by atoms with Gasteiger partial charge in [0.05, 0.1) is 24.9 Å². The van der Waals surface area contributed by atoms with Crippen LogP contribution in [-0.4, -0.2) is 42.3 Å². The number of carbonyl (C=O) groups excluding carboxylic acids is 2. The summed E-state index contributed by atoms with van der Waals surface area (Å²) in [4.78, 5) is 35.1. The Bertz CT molecular complexity index is 2050. The van der Waals surface area contributed by atoms with Crippen LogP contribution < -0.4 is 4.31 Å². The molecule has 9 nitrogen and oxygen atoms in total. The molecule has 44 heavy (non-hydrogen) atoms. The van der Waals surface area contributed by atoms with Gasteiger partial charge in [-0.25, -0.2) is 19.1 Å². The topological polar surface area (TPSA) is 117 Å². The molecule has 11 heteroatoms. The summed E-state index contributed by atoms with van der Waals surface area (Å²) in [5.74, 6) is -0.305. The fraction of sp³-hybridized carbons (Fsp3) is 0.152. The van der Waals surface area contributed by atoms with Gasteiger partial charge in [0, 0.05) is 27.6 Å². The number of fused-ring (bicyclic) bond motifs is 2. The SMILES string of the molecule is CCc1nc2c(C)cc(C(=O)OC)nc2n1Cc1ccc(-c2c(N(C(=O)c3ccccc3)S(=O)[O-])sc3ccccc23)cc1. The van der Waals surface area contributed by atoms with E-state index in [2.05, 4.69) is 4.98 Å². The maximum atomic E-state index is 13.5. The summed E-state index contributed by atoms with van der Waals surface area (Å²) in [7, 11) is 1.33. The highest BCUT2D eigenvalue weighted by atomic mass is 32.2. The van der Waals surface area contributed by atoms with E-state index in [4.69, 9.17) is 9.72 Å². The summed E-state index contributed by atoms with van der Waals surface area (Å²) in [5, 5.41) is 1.17. The number of nitrogens with zero attached hydrogens (tertiary/aromatic N) is 4. The van der Waals surface area contributed by atoms with Crippen molar-refractivity contribution >= 4 is 60.7 Å². The Morgan fingerprint density at radius 1 is 1.00 bits per heavy atom. The van der Waals surface area contributed by atoms with Gasteiger partial charge in [-0.1, -0.05) is 67.6 Å². The number of carbonyl (C=O) groups is 2. The van der Waals surface area contributed by atoms with Crippen LogP contribution in [0.3, 0.4) is 0 Å². The molecule has 3 heterocycles. The van der Waals surface area contributed by atoms with Crippen LogP contribution in [0, 0.1) is 6.92 Å². The van der Waals surface area contributed by atoms with E-state index < -0.39 is 23.1 Å². The zero-order valence-corrected chi connectivity index (χ0v) is 25.8. The van der Waals surface area contributed by atoms with Crippen LogP contribution in [0.5, 0.6) is 0 Å². The van der Waals surface area contributed by atoms with Gasteiger partial charge in [-0.05, 0) is 47.9 Å². The van der Waals surface area contributed by atoms with Gasteiger partial charge < -0.3 is 13.9 Å². The van der Waals surface area contributed by atoms with Crippen molar-refractivity contribution in [1.29, 1.82) is 0 Å². The predicted molar refractivity (Wildman–Crippen MR) is 172 cm³/mol. The van der Waals surface area contributed by atoms with Gasteiger partial charge in [-0.3, -0.25) is 9.00 Å². The zero-order valence-electron chi connectivity index (χ0n) is 24.1. The fourth-order valence-electron chi connectivity index (χ4n) is 5.27. The molecule has 0 saturated carbocycles. The molecule has 0 bridgehead atoms. The highest BCUT2D eigenvalue weighted by Crippen LogP contribution is 2.45. The van der Waals surface area contributed by atoms with Crippen molar-refractivity contribution < 1.29 is 23.1 Å². The third-order valence-electron chi connectivity index (χ3n) is 7.38. The molecule has 6 aromatic rings. The van der Waals surface area contributed by atoms with Gasteiger partial charge in [-0.15, -0.1) is 11.3 Å². The molecule has 0 radical (unpaired) electrons. The molecule has 0 fully saturated rings. The first-order chi connectivity index (χ1) is 21.3. The highest BCUT2D eigenvalue weighted by Gasteiger charge is 2.26. The number of hydrogen-bond donors (Lipinski definition) is 0. The van der Waals surface area contributed by atoms with Crippen LogP contribution in [0.15, 0.2) is 84.9 Å². The first-order valence-electron chi connectivity index (χ1n) is 13.9. The molecule has 0 aliphatic carbocycles. The minimum absolute atomic E-state index is 0.221. The van der Waals surface area contributed by atoms with Crippen LogP contribution >= 0.6 is 11.3 Å². The Morgan fingerprint density at radius 3 is 2.39 bits per heavy atom. The number of thiophene rings is 1. The van der Waals surface area contributed by atoms with Crippen LogP contribution in [0.4, 0.5) is 5.00 Å². The molecule has 6 rings (SSSR count). The van der Waals surface area contributed by atoms with Crippen molar-refractivity contribution in [3.8, 4) is 11.1 Å². The molecule has 0 saturated heterocycles. The van der Waals surface area contributed by atoms with Gasteiger partial charge >= 0.3 is 5.97 Å². The molecule has 3 aromatic heterocycles. The first kappa shape index (κ1) is 29.4. The van der Waals surface area contributed by atoms with Crippen LogP contribution in [-0.2, 0) is 29.0 Å². The molecular formula is C33H27N4O5S2-. The lowest BCUT2D eigenvalue weighted by Gasteiger charge is -2.24. The quantitative estimate of drug-likeness (QED) is 0.141. The molecule has 1 amide bonds. The molecule has 222 valence electrons. The van der Waals surface area contributed by atoms with Crippen molar-refractivity contribution in [2.45, 2.75) is 26.8 Å². The van der Waals surface area contributed by atoms with Crippen molar-refractivity contribution in [2.24, 2.45) is 0 Å². The molecule has 1 unspecified atom stereocenters. The van der Waals surface area contributed by atoms with E-state index in [0.717, 1.165) is 42.4 Å². The van der Waals surface area contributed by atoms with E-state index in [0.29, 0.717) is 29.2 Å². The first-order valence-corrected chi connectivity index (χ1v) is 15.7. The summed E-state index contributed by atoms with van der Waals surface area (Å²) < 4.78 is 33.7. The number of aromatic nitrogens is 3. The van der Waals surface area contributed by atoms with Crippen molar-refractivity contribution in [3.63, 3.8) is 0 Å². The van der Waals surface area contributed by atoms with Crippen LogP contribution in [0.25, 0.3) is 32.4 Å². The fourth-order valence-corrected chi connectivity index (χ4v) is 7.16. The van der Waals surface area contributed by atoms with Crippen LogP contribution in [0.1, 0.15) is 44.7 Å². The van der Waals surface area contributed by atoms with Gasteiger partial charge in [-0.2, -0.15) is 0 Å². The van der Waals surface area contributed by atoms with E-state index in [1.54, 1.807) is 36.4 Å². The van der Waals surface area contributed by atoms with E-state index in [1.165, 1.54) is 18.4 Å². The smallest absolute Gasteiger partial charge is 0.356 e. The number of aryl methyl sites for hydroxylation is 2. The van der Waals surface area contributed by atoms with Crippen molar-refractivity contribution in [1.82, 2.24) is 14.5 Å². The average Bonchev–Trinajstić information content (AvgIpc) is 3.59. The average molecular weight is 624 g/mol. The summed E-state index contributed by atoms with van der Waals surface area (Å²) >= 11 is -1.60. The lowest BCUT2D eigenvalue weighted by Crippen LogP contribution is -2.32. The second-order valence-electron chi connectivity index (χ2n) is 10.1. The van der Waals surface area contributed by atoms with Gasteiger partial charge in [0.2, 0.25) is 0 Å². The van der Waals surface area contributed by atoms with E-state index in [9.17, 15) is 18.4 Å². The number of hydrogen-bond acceptors (Lipinski definition) is 8. The minimum Gasteiger partial charge on any atom is -0.755 e. The molecule has 0 aliphatic rings. The summed E-state index contributed by atoms with van der Waals surface area (Å²) in [6.45, 7) is 4.37. The number of pyridine rings is 1. The number of anilines is 1. The molecule has 1 atom stereocenters. The molecule has 0 aliphatic heterocycles. The Labute approximate surface area is 260 Å². The second-order valence-corrected chi connectivity index (χ2v) is 11.9. The van der Waals surface area contributed by atoms with Crippen LogP contribution in [0.2, 0.25) is 0 Å². The Hall–Kier alpha value is -4.71. The molecular weight excluding hydrogens is 597 g/mol. The maximum absolute atomic E-state index is 13.5. The van der Waals surface area contributed by atoms with E-state index >= 15 is 0 Å². The number of methoxy groups -OCH3 is 1. The molecule has 3 aromatic carbocycles. The van der Waals surface area contributed by atoms with Gasteiger partial charge in [0.15, 0.2) is 11.3 Å². The summed E-state index contributed by atoms with van der Waals surface area (Å²) in [5.41, 5.74) is 5.05. The normalized spacial score (nSPS) is 12.0. The zero-order chi connectivity index (χ0) is 31.0. The number of ether oxygens (including phenoxy) is 1. The lowest BCUT2D eigenvalue weighted by atomic mass is 10.0. The second kappa shape index (κ2) is 12.1. The number of benzene rings is 3.